The number of carbonyl (C=O) groups is 2. The van der Waals surface area contributed by atoms with Crippen LogP contribution in [0.1, 0.15) is 85.2 Å². The molecule has 1 rings (SSSR count). The van der Waals surface area contributed by atoms with E-state index in [2.05, 4.69) is 12.2 Å². The summed E-state index contributed by atoms with van der Waals surface area (Å²) in [5.74, 6) is -0.707. The predicted octanol–water partition coefficient (Wildman–Crippen LogP) is 5.40. The van der Waals surface area contributed by atoms with Crippen LogP contribution in [0.15, 0.2) is 24.3 Å². The zero-order valence-corrected chi connectivity index (χ0v) is 18.4. The summed E-state index contributed by atoms with van der Waals surface area (Å²) >= 11 is 0. The fourth-order valence-corrected chi connectivity index (χ4v) is 1.98. The number of amides is 1. The van der Waals surface area contributed by atoms with Crippen molar-refractivity contribution in [3.05, 3.63) is 35.4 Å². The molecule has 26 heavy (non-hydrogen) atoms. The van der Waals surface area contributed by atoms with E-state index >= 15 is 0 Å². The summed E-state index contributed by atoms with van der Waals surface area (Å²) in [6.07, 6.45) is 0.925. The fourth-order valence-electron chi connectivity index (χ4n) is 1.98. The number of nitrogens with one attached hydrogen (secondary N) is 1. The number of hydrogen-bond donors (Lipinski definition) is 1. The molecular weight excluding hydrogens is 326 g/mol. The summed E-state index contributed by atoms with van der Waals surface area (Å²) in [6.45, 7) is 19.3. The summed E-state index contributed by atoms with van der Waals surface area (Å²) in [4.78, 5) is 24.5. The van der Waals surface area contributed by atoms with E-state index in [4.69, 9.17) is 4.74 Å². The summed E-state index contributed by atoms with van der Waals surface area (Å²) in [5, 5.41) is 2.78. The molecule has 1 aromatic rings. The van der Waals surface area contributed by atoms with Crippen molar-refractivity contribution in [1.29, 1.82) is 0 Å². The molecule has 0 aromatic heterocycles. The Bertz CT molecular complexity index is 513. The van der Waals surface area contributed by atoms with Gasteiger partial charge >= 0.3 is 5.97 Å². The third-order valence-electron chi connectivity index (χ3n) is 3.24. The fraction of sp³-hybridized carbons (Fsp3) is 0.636. The molecule has 1 unspecified atom stereocenters. The molecule has 1 N–H and O–H groups in total. The van der Waals surface area contributed by atoms with Crippen molar-refractivity contribution in [2.45, 2.75) is 87.3 Å². The summed E-state index contributed by atoms with van der Waals surface area (Å²) < 4.78 is 5.38. The molecule has 0 aliphatic rings. The molecule has 1 atom stereocenters. The number of rotatable bonds is 5. The molecule has 0 saturated heterocycles. The Balaban J connectivity index is 0. The second-order valence-electron chi connectivity index (χ2n) is 6.78. The van der Waals surface area contributed by atoms with Crippen LogP contribution in [0, 0.1) is 5.92 Å². The van der Waals surface area contributed by atoms with Crippen molar-refractivity contribution in [3.8, 4) is 0 Å². The third kappa shape index (κ3) is 10.2. The number of carbonyl (C=O) groups excluding carboxylic acids is 2. The zero-order chi connectivity index (χ0) is 20.9. The third-order valence-corrected chi connectivity index (χ3v) is 3.24. The highest BCUT2D eigenvalue weighted by molar-refractivity contribution is 5.96. The molecule has 0 heterocycles. The Hall–Kier alpha value is -1.84. The van der Waals surface area contributed by atoms with Crippen molar-refractivity contribution in [2.75, 3.05) is 0 Å². The monoisotopic (exact) mass is 365 g/mol. The smallest absolute Gasteiger partial charge is 0.329 e. The molecule has 4 nitrogen and oxygen atoms in total. The maximum Gasteiger partial charge on any atom is 0.329 e. The molecule has 0 aliphatic heterocycles. The molecule has 0 radical (unpaired) electrons. The van der Waals surface area contributed by atoms with E-state index in [1.807, 2.05) is 74.4 Å². The number of hydrogen-bond acceptors (Lipinski definition) is 3. The summed E-state index contributed by atoms with van der Waals surface area (Å²) in [5.41, 5.74) is 1.15. The van der Waals surface area contributed by atoms with Crippen LogP contribution >= 0.6 is 0 Å². The van der Waals surface area contributed by atoms with Gasteiger partial charge in [0.05, 0.1) is 0 Å². The van der Waals surface area contributed by atoms with Crippen molar-refractivity contribution in [1.82, 2.24) is 5.32 Å². The van der Waals surface area contributed by atoms with Crippen LogP contribution < -0.4 is 5.32 Å². The van der Waals surface area contributed by atoms with Crippen molar-refractivity contribution in [3.63, 3.8) is 0 Å². The number of benzene rings is 1. The highest BCUT2D eigenvalue weighted by Gasteiger charge is 2.29. The van der Waals surface area contributed by atoms with Crippen LogP contribution in [0.25, 0.3) is 0 Å². The largest absolute Gasteiger partial charge is 0.458 e. The van der Waals surface area contributed by atoms with E-state index in [0.29, 0.717) is 5.56 Å². The first kappa shape index (κ1) is 26.4. The molecule has 0 spiro atoms. The Morgan fingerprint density at radius 3 is 1.81 bits per heavy atom. The lowest BCUT2D eigenvalue weighted by Crippen LogP contribution is -2.47. The van der Waals surface area contributed by atoms with E-state index in [9.17, 15) is 9.59 Å². The first-order valence-corrected chi connectivity index (χ1v) is 9.76. The van der Waals surface area contributed by atoms with Crippen LogP contribution in [0.4, 0.5) is 0 Å². The Kier molecular flexibility index (Phi) is 13.6. The number of ether oxygens (including phenoxy) is 1. The predicted molar refractivity (Wildman–Crippen MR) is 110 cm³/mol. The average molecular weight is 366 g/mol. The quantitative estimate of drug-likeness (QED) is 0.711. The van der Waals surface area contributed by atoms with Crippen LogP contribution in [0.5, 0.6) is 0 Å². The molecule has 0 saturated carbocycles. The van der Waals surface area contributed by atoms with Gasteiger partial charge < -0.3 is 10.1 Å². The van der Waals surface area contributed by atoms with Gasteiger partial charge in [-0.05, 0) is 50.8 Å². The van der Waals surface area contributed by atoms with Gasteiger partial charge in [0.15, 0.2) is 0 Å². The van der Waals surface area contributed by atoms with Crippen LogP contribution in [0.2, 0.25) is 0 Å². The minimum atomic E-state index is -0.655. The van der Waals surface area contributed by atoms with Gasteiger partial charge in [-0.25, -0.2) is 4.79 Å². The van der Waals surface area contributed by atoms with Gasteiger partial charge in [-0.2, -0.15) is 0 Å². The molecule has 1 aromatic carbocycles. The Labute approximate surface area is 160 Å². The minimum absolute atomic E-state index is 0.0475. The normalized spacial score (nSPS) is 11.3. The molecular formula is C22H39NO3. The summed E-state index contributed by atoms with van der Waals surface area (Å²) in [7, 11) is 0. The highest BCUT2D eigenvalue weighted by atomic mass is 16.6. The van der Waals surface area contributed by atoms with Gasteiger partial charge in [0, 0.05) is 5.56 Å². The van der Waals surface area contributed by atoms with Crippen LogP contribution in [0.3, 0.4) is 0 Å². The second kappa shape index (κ2) is 13.4. The van der Waals surface area contributed by atoms with Gasteiger partial charge in [-0.3, -0.25) is 4.79 Å². The van der Waals surface area contributed by atoms with Crippen molar-refractivity contribution in [2.24, 2.45) is 5.92 Å². The van der Waals surface area contributed by atoms with E-state index in [1.54, 1.807) is 12.1 Å². The SMILES string of the molecule is CC.CC.CCc1ccc(C(=O)NC(C(=O)OC(C)(C)C)C(C)C)cc1. The Morgan fingerprint density at radius 2 is 1.46 bits per heavy atom. The topological polar surface area (TPSA) is 55.4 Å². The van der Waals surface area contributed by atoms with Crippen LogP contribution in [-0.2, 0) is 16.0 Å². The summed E-state index contributed by atoms with van der Waals surface area (Å²) in [6, 6.07) is 6.75. The number of esters is 1. The van der Waals surface area contributed by atoms with Crippen molar-refractivity contribution < 1.29 is 14.3 Å². The standard InChI is InChI=1S/C18H27NO3.2C2H6/c1-7-13-8-10-14(11-9-13)16(20)19-15(12(2)3)17(21)22-18(4,5)6;2*1-2/h8-12,15H,7H2,1-6H3,(H,19,20);2*1-2H3. The average Bonchev–Trinajstić information content (AvgIpc) is 2.61. The van der Waals surface area contributed by atoms with E-state index in [0.717, 1.165) is 6.42 Å². The van der Waals surface area contributed by atoms with Gasteiger partial charge in [0.2, 0.25) is 0 Å². The molecule has 0 aliphatic carbocycles. The van der Waals surface area contributed by atoms with Crippen LogP contribution in [-0.4, -0.2) is 23.5 Å². The van der Waals surface area contributed by atoms with E-state index in [1.165, 1.54) is 5.56 Å². The maximum atomic E-state index is 12.3. The van der Waals surface area contributed by atoms with E-state index < -0.39 is 17.6 Å². The molecule has 4 heteroatoms. The lowest BCUT2D eigenvalue weighted by Gasteiger charge is -2.26. The second-order valence-corrected chi connectivity index (χ2v) is 6.78. The van der Waals surface area contributed by atoms with Gasteiger partial charge in [-0.15, -0.1) is 0 Å². The molecule has 150 valence electrons. The van der Waals surface area contributed by atoms with Gasteiger partial charge in [0.1, 0.15) is 11.6 Å². The zero-order valence-electron chi connectivity index (χ0n) is 18.4. The van der Waals surface area contributed by atoms with Crippen molar-refractivity contribution >= 4 is 11.9 Å². The first-order valence-electron chi connectivity index (χ1n) is 9.76. The number of aryl methyl sites for hydroxylation is 1. The minimum Gasteiger partial charge on any atom is -0.458 e. The lowest BCUT2D eigenvalue weighted by atomic mass is 10.0. The van der Waals surface area contributed by atoms with Gasteiger partial charge in [0.25, 0.3) is 5.91 Å². The van der Waals surface area contributed by atoms with E-state index in [-0.39, 0.29) is 11.8 Å². The highest BCUT2D eigenvalue weighted by Crippen LogP contribution is 2.13. The Morgan fingerprint density at radius 1 is 1.00 bits per heavy atom. The first-order chi connectivity index (χ1) is 12.1. The van der Waals surface area contributed by atoms with Gasteiger partial charge in [-0.1, -0.05) is 60.6 Å². The molecule has 0 bridgehead atoms. The molecule has 0 fully saturated rings. The lowest BCUT2D eigenvalue weighted by molar-refractivity contribution is -0.158. The molecule has 1 amide bonds. The maximum absolute atomic E-state index is 12.3.